The van der Waals surface area contributed by atoms with E-state index in [4.69, 9.17) is 0 Å². The molecule has 0 heterocycles. The van der Waals surface area contributed by atoms with E-state index in [2.05, 4.69) is 27.7 Å². The van der Waals surface area contributed by atoms with Gasteiger partial charge in [-0.3, -0.25) is 0 Å². The van der Waals surface area contributed by atoms with Crippen LogP contribution in [0, 0.1) is 0 Å². The standard InChI is InChI=1S/4C28H56O2.Fe.Zn/c4*1-2-3-4-5-6-7-8-9-10-11-12-13-14-15-16-17-18-19-20-21-22-23-24-25-26-27-28(29)30;;/h4*2-27H2,1H3,(H,29,30);;/q;;;;2*+2/p-4. The van der Waals surface area contributed by atoms with Gasteiger partial charge in [0.05, 0.1) is 0 Å². The number of carbonyl (C=O) groups excluding carboxylic acids is 4. The molecule has 0 aliphatic heterocycles. The van der Waals surface area contributed by atoms with Gasteiger partial charge in [0.2, 0.25) is 0 Å². The summed E-state index contributed by atoms with van der Waals surface area (Å²) in [7, 11) is 0. The summed E-state index contributed by atoms with van der Waals surface area (Å²) in [4.78, 5) is 41.3. The molecule has 726 valence electrons. The van der Waals surface area contributed by atoms with Crippen LogP contribution in [0.15, 0.2) is 0 Å². The van der Waals surface area contributed by atoms with Crippen molar-refractivity contribution in [2.45, 2.75) is 695 Å². The van der Waals surface area contributed by atoms with Gasteiger partial charge in [-0.05, 0) is 51.4 Å². The summed E-state index contributed by atoms with van der Waals surface area (Å²) in [5, 5.41) is 41.3. The molecule has 0 saturated carbocycles. The number of carboxylic acids is 4. The minimum Gasteiger partial charge on any atom is -0.550 e. The van der Waals surface area contributed by atoms with Crippen molar-refractivity contribution < 1.29 is 76.2 Å². The fourth-order valence-corrected chi connectivity index (χ4v) is 17.6. The summed E-state index contributed by atoms with van der Waals surface area (Å²) in [5.74, 6) is -3.60. The summed E-state index contributed by atoms with van der Waals surface area (Å²) >= 11 is 0. The second kappa shape index (κ2) is 129. The minimum atomic E-state index is -0.899. The molecule has 0 aromatic heterocycles. The topological polar surface area (TPSA) is 161 Å². The van der Waals surface area contributed by atoms with Crippen molar-refractivity contribution in [3.8, 4) is 0 Å². The molecule has 0 aromatic carbocycles. The van der Waals surface area contributed by atoms with Gasteiger partial charge in [-0.25, -0.2) is 0 Å². The number of carboxylic acid groups (broad SMARTS) is 4. The molecule has 0 radical (unpaired) electrons. The third kappa shape index (κ3) is 145. The van der Waals surface area contributed by atoms with Gasteiger partial charge in [0.15, 0.2) is 0 Å². The number of hydrogen-bond acceptors (Lipinski definition) is 8. The summed E-state index contributed by atoms with van der Waals surface area (Å²) in [6.07, 6.45) is 139. The second-order valence-electron chi connectivity index (χ2n) is 38.4. The van der Waals surface area contributed by atoms with Crippen LogP contribution in [0.1, 0.15) is 695 Å². The molecular weight excluding hydrogens is 1590 g/mol. The fourth-order valence-electron chi connectivity index (χ4n) is 17.6. The molecule has 0 spiro atoms. The maximum Gasteiger partial charge on any atom is 2.00 e. The van der Waals surface area contributed by atoms with Crippen molar-refractivity contribution in [1.82, 2.24) is 0 Å². The molecule has 0 fully saturated rings. The Balaban J connectivity index is -0.000000366. The molecule has 0 bridgehead atoms. The Morgan fingerprint density at radius 3 is 0.213 bits per heavy atom. The summed E-state index contributed by atoms with van der Waals surface area (Å²) in [6.45, 7) is 9.17. The van der Waals surface area contributed by atoms with Crippen molar-refractivity contribution in [3.63, 3.8) is 0 Å². The van der Waals surface area contributed by atoms with Crippen LogP contribution in [-0.2, 0) is 55.7 Å². The Morgan fingerprint density at radius 1 is 0.115 bits per heavy atom. The van der Waals surface area contributed by atoms with Crippen molar-refractivity contribution in [3.05, 3.63) is 0 Å². The second-order valence-corrected chi connectivity index (χ2v) is 38.4. The number of rotatable bonds is 104. The minimum absolute atomic E-state index is 0. The fraction of sp³-hybridized carbons (Fsp3) is 0.964. The van der Waals surface area contributed by atoms with Crippen molar-refractivity contribution in [1.29, 1.82) is 0 Å². The largest absolute Gasteiger partial charge is 2.00 e. The number of carbonyl (C=O) groups is 4. The average molecular weight is 1820 g/mol. The van der Waals surface area contributed by atoms with Crippen molar-refractivity contribution in [2.24, 2.45) is 0 Å². The maximum absolute atomic E-state index is 10.3. The summed E-state index contributed by atoms with van der Waals surface area (Å²) in [5.41, 5.74) is 0. The first-order chi connectivity index (χ1) is 59.1. The zero-order valence-corrected chi connectivity index (χ0v) is 87.9. The van der Waals surface area contributed by atoms with E-state index in [0.717, 1.165) is 51.4 Å². The predicted molar refractivity (Wildman–Crippen MR) is 523 cm³/mol. The summed E-state index contributed by atoms with van der Waals surface area (Å²) < 4.78 is 0. The van der Waals surface area contributed by atoms with Gasteiger partial charge in [-0.2, -0.15) is 0 Å². The van der Waals surface area contributed by atoms with Gasteiger partial charge in [0.25, 0.3) is 0 Å². The van der Waals surface area contributed by atoms with Crippen molar-refractivity contribution >= 4 is 23.9 Å². The van der Waals surface area contributed by atoms with E-state index in [-0.39, 0.29) is 62.2 Å². The summed E-state index contributed by atoms with van der Waals surface area (Å²) in [6, 6.07) is 0. The Morgan fingerprint density at radius 2 is 0.164 bits per heavy atom. The van der Waals surface area contributed by atoms with Crippen LogP contribution in [0.25, 0.3) is 0 Å². The van der Waals surface area contributed by atoms with E-state index >= 15 is 0 Å². The van der Waals surface area contributed by atoms with E-state index < -0.39 is 23.9 Å². The monoisotopic (exact) mass is 1810 g/mol. The molecule has 0 amide bonds. The van der Waals surface area contributed by atoms with Gasteiger partial charge < -0.3 is 39.6 Å². The van der Waals surface area contributed by atoms with E-state index in [1.54, 1.807) is 0 Å². The maximum atomic E-state index is 10.3. The molecule has 10 heteroatoms. The van der Waals surface area contributed by atoms with Gasteiger partial charge in [-0.15, -0.1) is 0 Å². The molecule has 122 heavy (non-hydrogen) atoms. The van der Waals surface area contributed by atoms with E-state index in [0.29, 0.717) is 0 Å². The van der Waals surface area contributed by atoms with Gasteiger partial charge >= 0.3 is 36.5 Å². The zero-order chi connectivity index (χ0) is 87.8. The molecule has 0 rings (SSSR count). The van der Waals surface area contributed by atoms with Crippen molar-refractivity contribution in [2.75, 3.05) is 0 Å². The first-order valence-corrected chi connectivity index (χ1v) is 55.9. The van der Waals surface area contributed by atoms with Crippen LogP contribution in [-0.4, -0.2) is 23.9 Å². The molecule has 8 nitrogen and oxygen atoms in total. The molecule has 0 saturated heterocycles. The number of aliphatic carboxylic acids is 4. The van der Waals surface area contributed by atoms with E-state index in [9.17, 15) is 39.6 Å². The molecule has 0 atom stereocenters. The van der Waals surface area contributed by atoms with E-state index in [1.807, 2.05) is 0 Å². The SMILES string of the molecule is CCCCCCCCCCCCCCCCCCCCCCCCCCCC(=O)[O-].CCCCCCCCCCCCCCCCCCCCCCCCCCCC(=O)[O-].CCCCCCCCCCCCCCCCCCCCCCCCCCCC(=O)[O-].CCCCCCCCCCCCCCCCCCCCCCCCCCCC(=O)[O-].[Fe+2].[Zn+2]. The predicted octanol–water partition coefficient (Wildman–Crippen LogP) is 35.6. The Hall–Kier alpha value is -0.977. The first kappa shape index (κ1) is 132. The van der Waals surface area contributed by atoms with Crippen LogP contribution in [0.5, 0.6) is 0 Å². The first-order valence-electron chi connectivity index (χ1n) is 55.9. The van der Waals surface area contributed by atoms with Crippen LogP contribution < -0.4 is 20.4 Å². The molecule has 0 aliphatic rings. The third-order valence-corrected chi connectivity index (χ3v) is 25.9. The number of unbranched alkanes of at least 4 members (excludes halogenated alkanes) is 96. The molecular formula is C112H220FeO8Zn. The third-order valence-electron chi connectivity index (χ3n) is 25.9. The van der Waals surface area contributed by atoms with E-state index in [1.165, 1.54) is 591 Å². The average Bonchev–Trinajstić information content (AvgIpc) is 1.17. The zero-order valence-electron chi connectivity index (χ0n) is 83.9. The van der Waals surface area contributed by atoms with Crippen LogP contribution in [0.2, 0.25) is 0 Å². The van der Waals surface area contributed by atoms with Crippen LogP contribution >= 0.6 is 0 Å². The molecule has 0 aliphatic carbocycles. The quantitative estimate of drug-likeness (QED) is 0.0430. The smallest absolute Gasteiger partial charge is 0.550 e. The Labute approximate surface area is 790 Å². The van der Waals surface area contributed by atoms with Gasteiger partial charge in [0.1, 0.15) is 0 Å². The molecule has 0 aromatic rings. The van der Waals surface area contributed by atoms with Gasteiger partial charge in [0, 0.05) is 23.9 Å². The molecule has 0 N–H and O–H groups in total. The van der Waals surface area contributed by atoms with Crippen LogP contribution in [0.4, 0.5) is 0 Å². The Bertz CT molecular complexity index is 1580. The Kier molecular flexibility index (Phi) is 139. The molecule has 0 unspecified atom stereocenters. The number of hydrogen-bond donors (Lipinski definition) is 0. The van der Waals surface area contributed by atoms with Crippen LogP contribution in [0.3, 0.4) is 0 Å². The normalized spacial score (nSPS) is 11.0. The van der Waals surface area contributed by atoms with Gasteiger partial charge in [-0.1, -0.05) is 644 Å².